The smallest absolute Gasteiger partial charge is 0.260 e. The minimum atomic E-state index is -0.313. The van der Waals surface area contributed by atoms with Crippen molar-refractivity contribution in [3.05, 3.63) is 69.8 Å². The molecule has 142 valence electrons. The number of nitrogens with zero attached hydrogens (tertiary/aromatic N) is 1. The number of aromatic amines is 1. The van der Waals surface area contributed by atoms with Gasteiger partial charge in [0.25, 0.3) is 5.56 Å². The molecule has 4 aromatic rings. The lowest BCUT2D eigenvalue weighted by Crippen LogP contribution is -2.10. The molecule has 0 saturated heterocycles. The van der Waals surface area contributed by atoms with Gasteiger partial charge in [-0.3, -0.25) is 9.78 Å². The van der Waals surface area contributed by atoms with Crippen LogP contribution in [0.15, 0.2) is 47.3 Å². The number of phenolic OH excluding ortho intramolecular Hbond substituents is 1. The van der Waals surface area contributed by atoms with Crippen LogP contribution >= 0.6 is 0 Å². The maximum atomic E-state index is 12.6. The molecule has 2 heterocycles. The zero-order chi connectivity index (χ0) is 20.0. The number of benzene rings is 2. The summed E-state index contributed by atoms with van der Waals surface area (Å²) in [4.78, 5) is 20.2. The Bertz CT molecular complexity index is 1260. The van der Waals surface area contributed by atoms with Gasteiger partial charge in [0.1, 0.15) is 5.75 Å². The summed E-state index contributed by atoms with van der Waals surface area (Å²) in [5, 5.41) is 12.2. The van der Waals surface area contributed by atoms with Crippen molar-refractivity contribution in [3.8, 4) is 16.9 Å². The van der Waals surface area contributed by atoms with Crippen molar-refractivity contribution in [2.24, 2.45) is 5.73 Å². The number of aromatic hydroxyl groups is 1. The standard InChI is InChI=1S/C23H23N3O2/c1-12(11-24)15-7-9-16(10-8-15)19-13(2)25-14(3)22-21(19)17-5-4-6-18(27)20(17)23(28)26-22/h4-10,12,27H,11,24H2,1-3H3,(H,26,28). The number of hydrogen-bond donors (Lipinski definition) is 3. The molecule has 5 nitrogen and oxygen atoms in total. The molecule has 0 spiro atoms. The fourth-order valence-electron chi connectivity index (χ4n) is 3.90. The summed E-state index contributed by atoms with van der Waals surface area (Å²) < 4.78 is 0. The van der Waals surface area contributed by atoms with Gasteiger partial charge in [-0.05, 0) is 43.5 Å². The summed E-state index contributed by atoms with van der Waals surface area (Å²) in [5.41, 5.74) is 11.0. The summed E-state index contributed by atoms with van der Waals surface area (Å²) in [6.07, 6.45) is 0. The Balaban J connectivity index is 2.12. The largest absolute Gasteiger partial charge is 0.507 e. The molecule has 0 aliphatic heterocycles. The SMILES string of the molecule is Cc1nc(C)c2[nH]c(=O)c3c(O)cccc3c2c1-c1ccc(C(C)CN)cc1. The first-order chi connectivity index (χ1) is 13.4. The van der Waals surface area contributed by atoms with Crippen LogP contribution in [0, 0.1) is 13.8 Å². The quantitative estimate of drug-likeness (QED) is 0.471. The van der Waals surface area contributed by atoms with Gasteiger partial charge in [-0.2, -0.15) is 0 Å². The summed E-state index contributed by atoms with van der Waals surface area (Å²) in [7, 11) is 0. The van der Waals surface area contributed by atoms with Gasteiger partial charge in [-0.25, -0.2) is 0 Å². The average Bonchev–Trinajstić information content (AvgIpc) is 2.68. The van der Waals surface area contributed by atoms with Crippen molar-refractivity contribution in [1.82, 2.24) is 9.97 Å². The van der Waals surface area contributed by atoms with E-state index in [4.69, 9.17) is 5.73 Å². The first kappa shape index (κ1) is 18.2. The minimum Gasteiger partial charge on any atom is -0.507 e. The molecule has 2 aromatic heterocycles. The normalized spacial score (nSPS) is 12.6. The second kappa shape index (κ2) is 6.77. The van der Waals surface area contributed by atoms with E-state index in [-0.39, 0.29) is 17.2 Å². The van der Waals surface area contributed by atoms with Crippen molar-refractivity contribution in [2.75, 3.05) is 6.54 Å². The highest BCUT2D eigenvalue weighted by molar-refractivity contribution is 6.14. The van der Waals surface area contributed by atoms with Gasteiger partial charge in [0.05, 0.1) is 16.6 Å². The van der Waals surface area contributed by atoms with E-state index in [0.717, 1.165) is 33.3 Å². The van der Waals surface area contributed by atoms with Crippen LogP contribution in [0.3, 0.4) is 0 Å². The van der Waals surface area contributed by atoms with Crippen molar-refractivity contribution < 1.29 is 5.11 Å². The molecule has 5 heteroatoms. The Morgan fingerprint density at radius 3 is 2.46 bits per heavy atom. The number of aromatic nitrogens is 2. The third-order valence-electron chi connectivity index (χ3n) is 5.46. The Labute approximate surface area is 162 Å². The van der Waals surface area contributed by atoms with Crippen molar-refractivity contribution in [1.29, 1.82) is 0 Å². The van der Waals surface area contributed by atoms with E-state index >= 15 is 0 Å². The van der Waals surface area contributed by atoms with Crippen LogP contribution < -0.4 is 11.3 Å². The second-order valence-electron chi connectivity index (χ2n) is 7.32. The molecule has 4 rings (SSSR count). The van der Waals surface area contributed by atoms with Crippen molar-refractivity contribution in [3.63, 3.8) is 0 Å². The Morgan fingerprint density at radius 1 is 1.07 bits per heavy atom. The molecule has 0 aliphatic rings. The molecule has 0 saturated carbocycles. The van der Waals surface area contributed by atoms with Crippen LogP contribution in [0.4, 0.5) is 0 Å². The Kier molecular flexibility index (Phi) is 4.40. The lowest BCUT2D eigenvalue weighted by molar-refractivity contribution is 0.481. The minimum absolute atomic E-state index is 0.0224. The number of hydrogen-bond acceptors (Lipinski definition) is 4. The third-order valence-corrected chi connectivity index (χ3v) is 5.46. The molecule has 0 bridgehead atoms. The van der Waals surface area contributed by atoms with E-state index in [1.54, 1.807) is 6.07 Å². The van der Waals surface area contributed by atoms with Crippen LogP contribution in [-0.2, 0) is 0 Å². The molecule has 0 radical (unpaired) electrons. The second-order valence-corrected chi connectivity index (χ2v) is 7.32. The molecule has 0 amide bonds. The van der Waals surface area contributed by atoms with Gasteiger partial charge in [0.15, 0.2) is 0 Å². The number of aryl methyl sites for hydroxylation is 2. The number of H-pyrrole nitrogens is 1. The maximum absolute atomic E-state index is 12.6. The van der Waals surface area contributed by atoms with E-state index in [1.165, 1.54) is 11.6 Å². The Hall–Kier alpha value is -3.18. The van der Waals surface area contributed by atoms with Crippen LogP contribution in [0.25, 0.3) is 32.8 Å². The van der Waals surface area contributed by atoms with E-state index in [2.05, 4.69) is 41.2 Å². The van der Waals surface area contributed by atoms with Crippen LogP contribution in [0.2, 0.25) is 0 Å². The molecule has 1 atom stereocenters. The van der Waals surface area contributed by atoms with E-state index in [0.29, 0.717) is 17.4 Å². The van der Waals surface area contributed by atoms with E-state index in [9.17, 15) is 9.90 Å². The monoisotopic (exact) mass is 373 g/mol. The lowest BCUT2D eigenvalue weighted by Gasteiger charge is -2.16. The van der Waals surface area contributed by atoms with E-state index in [1.807, 2.05) is 19.9 Å². The van der Waals surface area contributed by atoms with Gasteiger partial charge < -0.3 is 15.8 Å². The molecule has 1 unspecified atom stereocenters. The summed E-state index contributed by atoms with van der Waals surface area (Å²) in [6.45, 7) is 6.55. The summed E-state index contributed by atoms with van der Waals surface area (Å²) in [5.74, 6) is 0.267. The number of rotatable bonds is 3. The predicted molar refractivity (Wildman–Crippen MR) is 114 cm³/mol. The number of nitrogens with one attached hydrogen (secondary N) is 1. The predicted octanol–water partition coefficient (Wildman–Crippen LogP) is 4.13. The lowest BCUT2D eigenvalue weighted by atomic mass is 9.92. The summed E-state index contributed by atoms with van der Waals surface area (Å²) >= 11 is 0. The maximum Gasteiger partial charge on any atom is 0.260 e. The molecular formula is C23H23N3O2. The molecule has 28 heavy (non-hydrogen) atoms. The van der Waals surface area contributed by atoms with E-state index < -0.39 is 0 Å². The van der Waals surface area contributed by atoms with Crippen LogP contribution in [0.1, 0.15) is 29.8 Å². The molecular weight excluding hydrogens is 350 g/mol. The van der Waals surface area contributed by atoms with Crippen LogP contribution in [-0.4, -0.2) is 21.6 Å². The zero-order valence-electron chi connectivity index (χ0n) is 16.2. The van der Waals surface area contributed by atoms with Crippen molar-refractivity contribution in [2.45, 2.75) is 26.7 Å². The van der Waals surface area contributed by atoms with Gasteiger partial charge >= 0.3 is 0 Å². The topological polar surface area (TPSA) is 92.0 Å². The Morgan fingerprint density at radius 2 is 1.79 bits per heavy atom. The van der Waals surface area contributed by atoms with Crippen LogP contribution in [0.5, 0.6) is 5.75 Å². The first-order valence-corrected chi connectivity index (χ1v) is 9.37. The first-order valence-electron chi connectivity index (χ1n) is 9.37. The van der Waals surface area contributed by atoms with Gasteiger partial charge in [0, 0.05) is 22.0 Å². The fraction of sp³-hybridized carbons (Fsp3) is 0.217. The number of pyridine rings is 2. The highest BCUT2D eigenvalue weighted by Gasteiger charge is 2.18. The number of nitrogens with two attached hydrogens (primary N) is 1. The van der Waals surface area contributed by atoms with Gasteiger partial charge in [-0.1, -0.05) is 43.3 Å². The molecule has 0 aliphatic carbocycles. The molecule has 0 fully saturated rings. The molecule has 2 aromatic carbocycles. The van der Waals surface area contributed by atoms with Gasteiger partial charge in [0.2, 0.25) is 0 Å². The van der Waals surface area contributed by atoms with Crippen molar-refractivity contribution >= 4 is 21.7 Å². The number of phenols is 1. The number of fused-ring (bicyclic) bond motifs is 3. The highest BCUT2D eigenvalue weighted by atomic mass is 16.3. The summed E-state index contributed by atoms with van der Waals surface area (Å²) in [6, 6.07) is 13.5. The van der Waals surface area contributed by atoms with Gasteiger partial charge in [-0.15, -0.1) is 0 Å². The average molecular weight is 373 g/mol. The fourth-order valence-corrected chi connectivity index (χ4v) is 3.90. The molecule has 4 N–H and O–H groups in total. The third kappa shape index (κ3) is 2.75. The highest BCUT2D eigenvalue weighted by Crippen LogP contribution is 2.37. The zero-order valence-corrected chi connectivity index (χ0v) is 16.2.